The standard InChI is InChI=1S/C16H26O2/c1-3-5-7-9-13-11-15(17)16(18)12-14(13)10-8-6-4-2/h11-12,17-18H,3-10H2,1-2H3. The Labute approximate surface area is 111 Å². The summed E-state index contributed by atoms with van der Waals surface area (Å²) in [6, 6.07) is 3.48. The molecule has 0 aliphatic heterocycles. The minimum atomic E-state index is 0.0146. The van der Waals surface area contributed by atoms with Crippen LogP contribution in [0.4, 0.5) is 0 Å². The molecule has 0 radical (unpaired) electrons. The highest BCUT2D eigenvalue weighted by atomic mass is 16.3. The Balaban J connectivity index is 2.73. The summed E-state index contributed by atoms with van der Waals surface area (Å²) in [5, 5.41) is 19.2. The zero-order valence-electron chi connectivity index (χ0n) is 11.7. The van der Waals surface area contributed by atoms with Gasteiger partial charge < -0.3 is 10.2 Å². The number of aryl methyl sites for hydroxylation is 2. The zero-order chi connectivity index (χ0) is 13.4. The summed E-state index contributed by atoms with van der Waals surface area (Å²) >= 11 is 0. The normalized spacial score (nSPS) is 10.8. The van der Waals surface area contributed by atoms with E-state index in [1.54, 1.807) is 12.1 Å². The molecule has 0 saturated heterocycles. The van der Waals surface area contributed by atoms with E-state index >= 15 is 0 Å². The molecule has 0 aliphatic carbocycles. The maximum atomic E-state index is 9.60. The van der Waals surface area contributed by atoms with Crippen molar-refractivity contribution in [3.05, 3.63) is 23.3 Å². The zero-order valence-corrected chi connectivity index (χ0v) is 11.7. The molecule has 0 amide bonds. The predicted octanol–water partition coefficient (Wildman–Crippen LogP) is 4.56. The third-order valence-corrected chi connectivity index (χ3v) is 3.40. The third-order valence-electron chi connectivity index (χ3n) is 3.40. The van der Waals surface area contributed by atoms with Gasteiger partial charge >= 0.3 is 0 Å². The summed E-state index contributed by atoms with van der Waals surface area (Å²) in [4.78, 5) is 0. The van der Waals surface area contributed by atoms with Crippen molar-refractivity contribution in [2.45, 2.75) is 65.2 Å². The fourth-order valence-electron chi connectivity index (χ4n) is 2.26. The minimum absolute atomic E-state index is 0.0146. The summed E-state index contributed by atoms with van der Waals surface area (Å²) in [5.74, 6) is 0.0291. The molecular weight excluding hydrogens is 224 g/mol. The number of hydrogen-bond acceptors (Lipinski definition) is 2. The van der Waals surface area contributed by atoms with Crippen LogP contribution in [0.2, 0.25) is 0 Å². The summed E-state index contributed by atoms with van der Waals surface area (Å²) in [6.45, 7) is 4.38. The Morgan fingerprint density at radius 1 is 0.722 bits per heavy atom. The molecule has 0 unspecified atom stereocenters. The van der Waals surface area contributed by atoms with Crippen LogP contribution in [-0.2, 0) is 12.8 Å². The monoisotopic (exact) mass is 250 g/mol. The van der Waals surface area contributed by atoms with Crippen LogP contribution in [0.15, 0.2) is 12.1 Å². The molecule has 2 nitrogen and oxygen atoms in total. The van der Waals surface area contributed by atoms with Crippen LogP contribution in [0.25, 0.3) is 0 Å². The Morgan fingerprint density at radius 3 is 1.44 bits per heavy atom. The van der Waals surface area contributed by atoms with Crippen LogP contribution in [0.3, 0.4) is 0 Å². The van der Waals surface area contributed by atoms with Crippen LogP contribution >= 0.6 is 0 Å². The van der Waals surface area contributed by atoms with E-state index in [2.05, 4.69) is 13.8 Å². The van der Waals surface area contributed by atoms with E-state index in [-0.39, 0.29) is 11.5 Å². The molecule has 0 heterocycles. The van der Waals surface area contributed by atoms with Crippen molar-refractivity contribution in [2.75, 3.05) is 0 Å². The smallest absolute Gasteiger partial charge is 0.157 e. The molecule has 2 N–H and O–H groups in total. The summed E-state index contributed by atoms with van der Waals surface area (Å²) in [7, 11) is 0. The Hall–Kier alpha value is -1.18. The van der Waals surface area contributed by atoms with Crippen molar-refractivity contribution in [1.29, 1.82) is 0 Å². The highest BCUT2D eigenvalue weighted by Crippen LogP contribution is 2.30. The number of phenols is 2. The van der Waals surface area contributed by atoms with Crippen molar-refractivity contribution in [1.82, 2.24) is 0 Å². The first kappa shape index (κ1) is 14.9. The van der Waals surface area contributed by atoms with Gasteiger partial charge in [-0.25, -0.2) is 0 Å². The number of unbranched alkanes of at least 4 members (excludes halogenated alkanes) is 4. The fourth-order valence-corrected chi connectivity index (χ4v) is 2.26. The van der Waals surface area contributed by atoms with Gasteiger partial charge in [-0.15, -0.1) is 0 Å². The predicted molar refractivity (Wildman–Crippen MR) is 76.2 cm³/mol. The van der Waals surface area contributed by atoms with Gasteiger partial charge in [-0.1, -0.05) is 39.5 Å². The van der Waals surface area contributed by atoms with Crippen molar-refractivity contribution in [3.8, 4) is 11.5 Å². The van der Waals surface area contributed by atoms with Crippen molar-refractivity contribution >= 4 is 0 Å². The SMILES string of the molecule is CCCCCc1cc(O)c(O)cc1CCCCC. The Bertz CT molecular complexity index is 323. The topological polar surface area (TPSA) is 40.5 Å². The first-order valence-electron chi connectivity index (χ1n) is 7.22. The van der Waals surface area contributed by atoms with Gasteiger partial charge in [-0.05, 0) is 48.9 Å². The Kier molecular flexibility index (Phi) is 6.63. The molecule has 1 rings (SSSR count). The Morgan fingerprint density at radius 2 is 1.11 bits per heavy atom. The van der Waals surface area contributed by atoms with Gasteiger partial charge in [-0.3, -0.25) is 0 Å². The van der Waals surface area contributed by atoms with E-state index in [0.29, 0.717) is 0 Å². The van der Waals surface area contributed by atoms with Crippen molar-refractivity contribution < 1.29 is 10.2 Å². The second-order valence-electron chi connectivity index (χ2n) is 5.02. The van der Waals surface area contributed by atoms with E-state index in [1.165, 1.54) is 36.8 Å². The van der Waals surface area contributed by atoms with Gasteiger partial charge in [0.25, 0.3) is 0 Å². The lowest BCUT2D eigenvalue weighted by molar-refractivity contribution is 0.402. The fraction of sp³-hybridized carbons (Fsp3) is 0.625. The van der Waals surface area contributed by atoms with E-state index < -0.39 is 0 Å². The minimum Gasteiger partial charge on any atom is -0.504 e. The highest BCUT2D eigenvalue weighted by molar-refractivity contribution is 5.45. The average molecular weight is 250 g/mol. The summed E-state index contributed by atoms with van der Waals surface area (Å²) < 4.78 is 0. The lowest BCUT2D eigenvalue weighted by atomic mass is 9.96. The highest BCUT2D eigenvalue weighted by Gasteiger charge is 2.08. The molecular formula is C16H26O2. The van der Waals surface area contributed by atoms with Gasteiger partial charge in [-0.2, -0.15) is 0 Å². The third kappa shape index (κ3) is 4.59. The maximum absolute atomic E-state index is 9.60. The van der Waals surface area contributed by atoms with E-state index in [0.717, 1.165) is 25.7 Å². The average Bonchev–Trinajstić information content (AvgIpc) is 2.35. The summed E-state index contributed by atoms with van der Waals surface area (Å²) in [6.07, 6.45) is 9.16. The van der Waals surface area contributed by atoms with Gasteiger partial charge in [0.05, 0.1) is 0 Å². The molecule has 1 aromatic rings. The van der Waals surface area contributed by atoms with E-state index in [1.807, 2.05) is 0 Å². The number of rotatable bonds is 8. The van der Waals surface area contributed by atoms with Crippen LogP contribution in [0.1, 0.15) is 63.5 Å². The molecule has 0 atom stereocenters. The van der Waals surface area contributed by atoms with Crippen LogP contribution in [-0.4, -0.2) is 10.2 Å². The van der Waals surface area contributed by atoms with Crippen LogP contribution < -0.4 is 0 Å². The second-order valence-corrected chi connectivity index (χ2v) is 5.02. The molecule has 0 spiro atoms. The van der Waals surface area contributed by atoms with Crippen molar-refractivity contribution in [3.63, 3.8) is 0 Å². The van der Waals surface area contributed by atoms with Gasteiger partial charge in [0.1, 0.15) is 0 Å². The van der Waals surface area contributed by atoms with E-state index in [4.69, 9.17) is 0 Å². The lowest BCUT2D eigenvalue weighted by Gasteiger charge is -2.11. The maximum Gasteiger partial charge on any atom is 0.157 e. The molecule has 0 bridgehead atoms. The number of aromatic hydroxyl groups is 2. The van der Waals surface area contributed by atoms with Crippen LogP contribution in [0, 0.1) is 0 Å². The van der Waals surface area contributed by atoms with Crippen LogP contribution in [0.5, 0.6) is 11.5 Å². The summed E-state index contributed by atoms with van der Waals surface area (Å²) in [5.41, 5.74) is 2.41. The number of hydrogen-bond donors (Lipinski definition) is 2. The molecule has 18 heavy (non-hydrogen) atoms. The van der Waals surface area contributed by atoms with Gasteiger partial charge in [0, 0.05) is 0 Å². The van der Waals surface area contributed by atoms with Gasteiger partial charge in [0.15, 0.2) is 11.5 Å². The quantitative estimate of drug-likeness (QED) is 0.524. The van der Waals surface area contributed by atoms with Crippen molar-refractivity contribution in [2.24, 2.45) is 0 Å². The largest absolute Gasteiger partial charge is 0.504 e. The molecule has 102 valence electrons. The molecule has 0 fully saturated rings. The second kappa shape index (κ2) is 8.02. The molecule has 0 aromatic heterocycles. The molecule has 0 saturated carbocycles. The molecule has 2 heteroatoms. The first-order valence-corrected chi connectivity index (χ1v) is 7.22. The number of benzene rings is 1. The lowest BCUT2D eigenvalue weighted by Crippen LogP contribution is -1.95. The molecule has 0 aliphatic rings. The van der Waals surface area contributed by atoms with Gasteiger partial charge in [0.2, 0.25) is 0 Å². The first-order chi connectivity index (χ1) is 8.69. The van der Waals surface area contributed by atoms with E-state index in [9.17, 15) is 10.2 Å². The molecule has 1 aromatic carbocycles. The number of phenolic OH excluding ortho intramolecular Hbond substituents is 2.